The second kappa shape index (κ2) is 7.45. The van der Waals surface area contributed by atoms with E-state index < -0.39 is 0 Å². The summed E-state index contributed by atoms with van der Waals surface area (Å²) < 4.78 is 24.1. The maximum Gasteiger partial charge on any atom is 0.167 e. The predicted molar refractivity (Wildman–Crippen MR) is 118 cm³/mol. The first-order valence-corrected chi connectivity index (χ1v) is 11.7. The van der Waals surface area contributed by atoms with Crippen molar-refractivity contribution in [3.63, 3.8) is 0 Å². The maximum atomic E-state index is 10.8. The van der Waals surface area contributed by atoms with Crippen molar-refractivity contribution in [2.75, 3.05) is 48.1 Å². The van der Waals surface area contributed by atoms with E-state index in [2.05, 4.69) is 27.8 Å². The number of likely N-dealkylation sites (N-methyl/N-ethyl adjacent to an activating group) is 1. The van der Waals surface area contributed by atoms with Gasteiger partial charge in [-0.05, 0) is 20.4 Å². The highest BCUT2D eigenvalue weighted by molar-refractivity contribution is 5.66. The number of ether oxygens (including phenoxy) is 4. The Kier molecular flexibility index (Phi) is 4.84. The largest absolute Gasteiger partial charge is 0.496 e. The maximum absolute atomic E-state index is 10.8. The Balaban J connectivity index is 1.70. The van der Waals surface area contributed by atoms with Gasteiger partial charge in [0.15, 0.2) is 11.5 Å². The average Bonchev–Trinajstić information content (AvgIpc) is 3.40. The summed E-state index contributed by atoms with van der Waals surface area (Å²) >= 11 is 0. The number of hydrogen-bond donors (Lipinski definition) is 1. The third-order valence-corrected chi connectivity index (χ3v) is 8.91. The molecule has 1 aromatic rings. The molecule has 5 aliphatic rings. The summed E-state index contributed by atoms with van der Waals surface area (Å²) in [5.74, 6) is 2.33. The monoisotopic (exact) mass is 456 g/mol. The molecule has 4 fully saturated rings. The Morgan fingerprint density at radius 2 is 1.82 bits per heavy atom. The molecule has 0 aromatic heterocycles. The van der Waals surface area contributed by atoms with Gasteiger partial charge in [-0.2, -0.15) is 5.26 Å². The van der Waals surface area contributed by atoms with E-state index in [1.807, 2.05) is 6.92 Å². The highest BCUT2D eigenvalue weighted by atomic mass is 16.5. The second-order valence-electron chi connectivity index (χ2n) is 9.83. The van der Waals surface area contributed by atoms with Crippen LogP contribution in [0.2, 0.25) is 0 Å². The topological polar surface area (TPSA) is 90.7 Å². The van der Waals surface area contributed by atoms with Crippen LogP contribution < -0.4 is 14.2 Å². The van der Waals surface area contributed by atoms with Gasteiger partial charge in [-0.25, -0.2) is 0 Å². The SMILES string of the molecule is COc1c(C)c(OC)c2c(c1OC)[C@@H](CO)N1[C@H]3[C@@H]4[C@@H](C[C@H]([C@H]1C#N)N4C)[C@@H]1OCCN1[C@@H]23. The van der Waals surface area contributed by atoms with Gasteiger partial charge in [0, 0.05) is 47.3 Å². The lowest BCUT2D eigenvalue weighted by Crippen LogP contribution is -2.72. The zero-order valence-corrected chi connectivity index (χ0v) is 19.8. The fourth-order valence-electron chi connectivity index (χ4n) is 7.92. The third-order valence-electron chi connectivity index (χ3n) is 8.91. The molecule has 0 unspecified atom stereocenters. The highest BCUT2D eigenvalue weighted by Crippen LogP contribution is 2.62. The fraction of sp³-hybridized carbons (Fsp3) is 0.708. The van der Waals surface area contributed by atoms with E-state index in [9.17, 15) is 10.4 Å². The van der Waals surface area contributed by atoms with Crippen LogP contribution in [-0.2, 0) is 4.74 Å². The van der Waals surface area contributed by atoms with Crippen molar-refractivity contribution in [1.82, 2.24) is 14.7 Å². The van der Waals surface area contributed by atoms with Crippen LogP contribution >= 0.6 is 0 Å². The molecule has 9 heteroatoms. The number of methoxy groups -OCH3 is 3. The van der Waals surface area contributed by atoms with Crippen LogP contribution in [0.25, 0.3) is 0 Å². The van der Waals surface area contributed by atoms with Gasteiger partial charge in [0.05, 0.1) is 52.7 Å². The summed E-state index contributed by atoms with van der Waals surface area (Å²) in [7, 11) is 7.10. The lowest BCUT2D eigenvalue weighted by Gasteiger charge is -2.61. The van der Waals surface area contributed by atoms with Crippen LogP contribution in [0.4, 0.5) is 0 Å². The van der Waals surface area contributed by atoms with Crippen molar-refractivity contribution in [1.29, 1.82) is 5.26 Å². The Morgan fingerprint density at radius 3 is 2.45 bits per heavy atom. The van der Waals surface area contributed by atoms with Gasteiger partial charge in [-0.3, -0.25) is 14.7 Å². The van der Waals surface area contributed by atoms with Crippen molar-refractivity contribution >= 4 is 0 Å². The van der Waals surface area contributed by atoms with Crippen LogP contribution in [-0.4, -0.2) is 98.3 Å². The number of benzene rings is 1. The smallest absolute Gasteiger partial charge is 0.167 e. The first kappa shape index (κ1) is 21.4. The summed E-state index contributed by atoms with van der Waals surface area (Å²) in [6, 6.07) is 2.22. The van der Waals surface area contributed by atoms with Gasteiger partial charge in [0.2, 0.25) is 0 Å². The van der Waals surface area contributed by atoms with Gasteiger partial charge >= 0.3 is 0 Å². The molecule has 0 radical (unpaired) electrons. The molecule has 1 N–H and O–H groups in total. The molecular formula is C24H32N4O5. The van der Waals surface area contributed by atoms with Crippen LogP contribution in [0.5, 0.6) is 17.2 Å². The van der Waals surface area contributed by atoms with E-state index in [4.69, 9.17) is 18.9 Å². The average molecular weight is 457 g/mol. The molecule has 0 spiro atoms. The van der Waals surface area contributed by atoms with Crippen molar-refractivity contribution < 1.29 is 24.1 Å². The Labute approximate surface area is 194 Å². The molecule has 6 rings (SSSR count). The summed E-state index contributed by atoms with van der Waals surface area (Å²) in [6.07, 6.45) is 0.936. The van der Waals surface area contributed by atoms with Crippen molar-refractivity contribution in [3.05, 3.63) is 16.7 Å². The molecule has 1 aromatic carbocycles. The van der Waals surface area contributed by atoms with E-state index in [0.717, 1.165) is 35.4 Å². The first-order valence-electron chi connectivity index (χ1n) is 11.7. The molecular weight excluding hydrogens is 424 g/mol. The first-order chi connectivity index (χ1) is 16.0. The number of hydrogen-bond acceptors (Lipinski definition) is 9. The predicted octanol–water partition coefficient (Wildman–Crippen LogP) is 1.05. The molecule has 5 heterocycles. The molecule has 33 heavy (non-hydrogen) atoms. The summed E-state index contributed by atoms with van der Waals surface area (Å²) in [5.41, 5.74) is 2.79. The molecule has 0 aliphatic carbocycles. The zero-order chi connectivity index (χ0) is 23.2. The lowest BCUT2D eigenvalue weighted by molar-refractivity contribution is -0.153. The Morgan fingerprint density at radius 1 is 1.09 bits per heavy atom. The number of piperazine rings is 1. The van der Waals surface area contributed by atoms with Crippen LogP contribution in [0.15, 0.2) is 0 Å². The van der Waals surface area contributed by atoms with Gasteiger partial charge in [0.1, 0.15) is 18.0 Å². The minimum atomic E-state index is -0.387. The van der Waals surface area contributed by atoms with Crippen LogP contribution in [0, 0.1) is 24.2 Å². The minimum Gasteiger partial charge on any atom is -0.496 e. The van der Waals surface area contributed by atoms with Crippen molar-refractivity contribution in [2.24, 2.45) is 5.92 Å². The Hall–Kier alpha value is -2.09. The minimum absolute atomic E-state index is 0.0135. The van der Waals surface area contributed by atoms with Crippen LogP contribution in [0.1, 0.15) is 35.2 Å². The summed E-state index contributed by atoms with van der Waals surface area (Å²) in [5, 5.41) is 21.2. The van der Waals surface area contributed by atoms with Crippen molar-refractivity contribution in [2.45, 2.75) is 55.8 Å². The number of aliphatic hydroxyl groups excluding tert-OH is 1. The van der Waals surface area contributed by atoms with E-state index in [1.165, 1.54) is 0 Å². The quantitative estimate of drug-likeness (QED) is 0.714. The molecule has 0 amide bonds. The Bertz CT molecular complexity index is 1030. The number of nitriles is 1. The number of nitrogens with zero attached hydrogens (tertiary/aromatic N) is 4. The molecule has 178 valence electrons. The van der Waals surface area contributed by atoms with E-state index in [0.29, 0.717) is 24.0 Å². The lowest BCUT2D eigenvalue weighted by atomic mass is 9.72. The number of aliphatic hydroxyl groups is 1. The van der Waals surface area contributed by atoms with Gasteiger partial charge in [-0.1, -0.05) is 0 Å². The zero-order valence-electron chi connectivity index (χ0n) is 19.8. The van der Waals surface area contributed by atoms with Gasteiger partial charge < -0.3 is 24.1 Å². The summed E-state index contributed by atoms with van der Waals surface area (Å²) in [4.78, 5) is 7.16. The van der Waals surface area contributed by atoms with E-state index >= 15 is 0 Å². The summed E-state index contributed by atoms with van der Waals surface area (Å²) in [6.45, 7) is 3.39. The standard InChI is InChI=1S/C24H32N4O5/c1-11-21(30-3)17-16(23(32-5)22(11)31-4)15(10-29)28-14(9-25)13-8-12-18(26(13)2)20(28)19(17)27-6-7-33-24(12)27/h12-15,18-20,24,29H,6-8,10H2,1-5H3/t12-,13-,14-,15-,18+,19+,20+,24+/m1/s1. The molecule has 9 nitrogen and oxygen atoms in total. The van der Waals surface area contributed by atoms with E-state index in [-0.39, 0.29) is 49.1 Å². The van der Waals surface area contributed by atoms with Gasteiger partial charge in [0.25, 0.3) is 0 Å². The fourth-order valence-corrected chi connectivity index (χ4v) is 7.92. The normalized spacial score (nSPS) is 39.1. The molecule has 8 atom stereocenters. The number of rotatable bonds is 4. The molecule has 2 bridgehead atoms. The third kappa shape index (κ3) is 2.43. The molecule has 4 saturated heterocycles. The van der Waals surface area contributed by atoms with Crippen molar-refractivity contribution in [3.8, 4) is 23.3 Å². The molecule has 0 saturated carbocycles. The molecule has 5 aliphatic heterocycles. The van der Waals surface area contributed by atoms with Crippen LogP contribution in [0.3, 0.4) is 0 Å². The van der Waals surface area contributed by atoms with E-state index in [1.54, 1.807) is 21.3 Å². The number of fused-ring (bicyclic) bond motifs is 6. The second-order valence-corrected chi connectivity index (χ2v) is 9.83. The highest BCUT2D eigenvalue weighted by Gasteiger charge is 2.68. The number of piperidine rings is 1. The van der Waals surface area contributed by atoms with Gasteiger partial charge in [-0.15, -0.1) is 0 Å².